The number of phosphoric acid groups is 1. The Morgan fingerprint density at radius 1 is 1.13 bits per heavy atom. The zero-order chi connectivity index (χ0) is 22.2. The molecule has 2 unspecified atom stereocenters. The molecule has 1 aromatic carbocycles. The fraction of sp³-hybridized carbons (Fsp3) is 0.545. The van der Waals surface area contributed by atoms with E-state index in [1.165, 1.54) is 29.3 Å². The van der Waals surface area contributed by atoms with Crippen molar-refractivity contribution in [2.75, 3.05) is 6.61 Å². The monoisotopic (exact) mass is 458 g/mol. The molecular weight excluding hydrogens is 432 g/mol. The molecule has 2 N–H and O–H groups in total. The normalized spacial score (nSPS) is 25.7. The van der Waals surface area contributed by atoms with Gasteiger partial charge in [-0.3, -0.25) is 9.79 Å². The first-order chi connectivity index (χ1) is 14.6. The van der Waals surface area contributed by atoms with Gasteiger partial charge < -0.3 is 9.26 Å². The van der Waals surface area contributed by atoms with Gasteiger partial charge in [0.25, 0.3) is 0 Å². The smallest absolute Gasteiger partial charge is 0.484 e. The molecule has 170 valence electrons. The van der Waals surface area contributed by atoms with E-state index < -0.39 is 20.6 Å². The van der Waals surface area contributed by atoms with Crippen molar-refractivity contribution in [2.45, 2.75) is 57.5 Å². The Kier molecular flexibility index (Phi) is 6.25. The topological polar surface area (TPSA) is 76.0 Å². The van der Waals surface area contributed by atoms with Crippen LogP contribution in [0.25, 0.3) is 5.76 Å². The molecule has 0 heterocycles. The minimum Gasteiger partial charge on any atom is -0.484 e. The highest BCUT2D eigenvalue weighted by Gasteiger charge is 2.40. The summed E-state index contributed by atoms with van der Waals surface area (Å²) in [4.78, 5) is 18.2. The molecule has 0 saturated heterocycles. The lowest BCUT2D eigenvalue weighted by Crippen LogP contribution is -2.30. The van der Waals surface area contributed by atoms with E-state index >= 15 is 0 Å². The number of benzene rings is 1. The van der Waals surface area contributed by atoms with Gasteiger partial charge in [0.05, 0.1) is 0 Å². The van der Waals surface area contributed by atoms with Gasteiger partial charge in [-0.25, -0.2) is 4.57 Å². The third-order valence-electron chi connectivity index (χ3n) is 6.37. The lowest BCUT2D eigenvalue weighted by atomic mass is 9.62. The predicted molar refractivity (Wildman–Crippen MR) is 109 cm³/mol. The summed E-state index contributed by atoms with van der Waals surface area (Å²) >= 11 is 0. The number of allylic oxidation sites excluding steroid dienone is 3. The minimum absolute atomic E-state index is 0.0809. The Bertz CT molecular complexity index is 947. The average molecular weight is 458 g/mol. The number of halogens is 3. The van der Waals surface area contributed by atoms with Gasteiger partial charge in [-0.2, -0.15) is 13.2 Å². The maximum absolute atomic E-state index is 13.1. The quantitative estimate of drug-likeness (QED) is 0.315. The first-order valence-corrected chi connectivity index (χ1v) is 12.1. The number of fused-ring (bicyclic) bond motifs is 3. The third-order valence-corrected chi connectivity index (χ3v) is 6.81. The van der Waals surface area contributed by atoms with Gasteiger partial charge in [0.1, 0.15) is 11.5 Å². The van der Waals surface area contributed by atoms with E-state index in [2.05, 4.69) is 4.52 Å². The van der Waals surface area contributed by atoms with Crippen LogP contribution in [-0.2, 0) is 9.30 Å². The van der Waals surface area contributed by atoms with E-state index in [0.29, 0.717) is 5.56 Å². The Morgan fingerprint density at radius 2 is 1.90 bits per heavy atom. The number of phosphoric ester groups is 1. The molecule has 1 aromatic rings. The highest BCUT2D eigenvalue weighted by atomic mass is 31.2. The molecule has 31 heavy (non-hydrogen) atoms. The fourth-order valence-corrected chi connectivity index (χ4v) is 5.73. The summed E-state index contributed by atoms with van der Waals surface area (Å²) in [7, 11) is -4.79. The van der Waals surface area contributed by atoms with Crippen LogP contribution in [0.15, 0.2) is 41.0 Å². The predicted octanol–water partition coefficient (Wildman–Crippen LogP) is 6.14. The summed E-state index contributed by atoms with van der Waals surface area (Å²) in [5, 5.41) is 0. The fourth-order valence-electron chi connectivity index (χ4n) is 5.34. The van der Waals surface area contributed by atoms with Gasteiger partial charge in [-0.15, -0.1) is 0 Å². The van der Waals surface area contributed by atoms with Crippen LogP contribution in [0.2, 0.25) is 0 Å². The van der Waals surface area contributed by atoms with Crippen molar-refractivity contribution in [3.05, 3.63) is 46.5 Å². The highest BCUT2D eigenvalue weighted by molar-refractivity contribution is 7.46. The molecular formula is C22H26F3O5P. The van der Waals surface area contributed by atoms with Crippen molar-refractivity contribution >= 4 is 13.6 Å². The van der Waals surface area contributed by atoms with Crippen LogP contribution in [0, 0.1) is 11.8 Å². The zero-order valence-electron chi connectivity index (χ0n) is 17.0. The molecule has 3 aliphatic carbocycles. The van der Waals surface area contributed by atoms with Crippen LogP contribution in [0.4, 0.5) is 13.2 Å². The lowest BCUT2D eigenvalue weighted by Gasteiger charge is -2.43. The largest absolute Gasteiger partial charge is 0.524 e. The van der Waals surface area contributed by atoms with Gasteiger partial charge in [0.2, 0.25) is 0 Å². The summed E-state index contributed by atoms with van der Waals surface area (Å²) < 4.78 is 60.5. The van der Waals surface area contributed by atoms with E-state index in [9.17, 15) is 17.7 Å². The molecule has 0 aromatic heterocycles. The van der Waals surface area contributed by atoms with Crippen molar-refractivity contribution in [3.63, 3.8) is 0 Å². The van der Waals surface area contributed by atoms with Gasteiger partial charge in [-0.1, -0.05) is 29.7 Å². The highest BCUT2D eigenvalue weighted by Crippen LogP contribution is 2.53. The summed E-state index contributed by atoms with van der Waals surface area (Å²) in [5.74, 6) is 0.279. The van der Waals surface area contributed by atoms with Crippen molar-refractivity contribution < 1.29 is 36.8 Å². The Balaban J connectivity index is 1.80. The van der Waals surface area contributed by atoms with E-state index in [4.69, 9.17) is 14.5 Å². The first-order valence-electron chi connectivity index (χ1n) is 10.6. The van der Waals surface area contributed by atoms with Crippen molar-refractivity contribution in [1.29, 1.82) is 0 Å². The molecule has 0 amide bonds. The molecule has 0 aliphatic heterocycles. The van der Waals surface area contributed by atoms with Gasteiger partial charge >= 0.3 is 14.0 Å². The van der Waals surface area contributed by atoms with Crippen LogP contribution in [-0.4, -0.2) is 22.6 Å². The second kappa shape index (κ2) is 8.64. The lowest BCUT2D eigenvalue weighted by molar-refractivity contribution is -0.158. The Hall–Kier alpha value is -1.76. The van der Waals surface area contributed by atoms with Crippen molar-refractivity contribution in [3.8, 4) is 5.75 Å². The van der Waals surface area contributed by atoms with Crippen molar-refractivity contribution in [2.24, 2.45) is 11.8 Å². The molecule has 0 spiro atoms. The summed E-state index contributed by atoms with van der Waals surface area (Å²) in [6.45, 7) is -1.42. The molecule has 3 aliphatic rings. The maximum atomic E-state index is 13.1. The van der Waals surface area contributed by atoms with E-state index in [0.717, 1.165) is 56.9 Å². The molecule has 1 fully saturated rings. The van der Waals surface area contributed by atoms with E-state index in [1.807, 2.05) is 0 Å². The molecule has 9 heteroatoms. The second-order valence-electron chi connectivity index (χ2n) is 8.52. The van der Waals surface area contributed by atoms with Crippen molar-refractivity contribution in [1.82, 2.24) is 0 Å². The Morgan fingerprint density at radius 3 is 2.65 bits per heavy atom. The number of ether oxygens (including phenoxy) is 1. The van der Waals surface area contributed by atoms with Crippen LogP contribution in [0.5, 0.6) is 5.75 Å². The van der Waals surface area contributed by atoms with E-state index in [1.54, 1.807) is 6.07 Å². The zero-order valence-corrected chi connectivity index (χ0v) is 17.9. The molecule has 1 saturated carbocycles. The second-order valence-corrected chi connectivity index (χ2v) is 9.68. The average Bonchev–Trinajstić information content (AvgIpc) is 2.66. The molecule has 2 atom stereocenters. The van der Waals surface area contributed by atoms with Crippen LogP contribution < -0.4 is 4.52 Å². The summed E-state index contributed by atoms with van der Waals surface area (Å²) in [6.07, 6.45) is 3.49. The first kappa shape index (κ1) is 22.4. The molecule has 5 nitrogen and oxygen atoms in total. The number of alkyl halides is 3. The number of hydrogen-bond donors (Lipinski definition) is 2. The third kappa shape index (κ3) is 5.36. The van der Waals surface area contributed by atoms with Crippen LogP contribution in [0.3, 0.4) is 0 Å². The number of hydrogen-bond acceptors (Lipinski definition) is 3. The molecule has 0 radical (unpaired) electrons. The van der Waals surface area contributed by atoms with Gasteiger partial charge in [0, 0.05) is 11.5 Å². The van der Waals surface area contributed by atoms with Gasteiger partial charge in [0.15, 0.2) is 6.61 Å². The summed E-state index contributed by atoms with van der Waals surface area (Å²) in [6, 6.07) is 5.81. The Labute approximate surface area is 179 Å². The standard InChI is InChI=1S/C22H26F3O5P/c23-22(24,25)13-29-21(16-7-3-8-17(12-16)30-31(26,27)28)20-15-6-4-10-19(20)18-9-2-1-5-14(18)11-15/h3,7-8,12,15,19H,1-2,4-6,9-11,13H2,(H2,26,27,28)/b21-20+. The summed E-state index contributed by atoms with van der Waals surface area (Å²) in [5.41, 5.74) is 4.10. The minimum atomic E-state index is -4.79. The SMILES string of the molecule is O=P(O)(O)Oc1cccc(/C(OCC(F)(F)F)=C2/C3CCCC2C2=C(CCCC2)C3)c1. The van der Waals surface area contributed by atoms with Crippen LogP contribution in [0.1, 0.15) is 56.9 Å². The molecule has 2 bridgehead atoms. The number of rotatable bonds is 5. The maximum Gasteiger partial charge on any atom is 0.524 e. The van der Waals surface area contributed by atoms with Crippen LogP contribution >= 0.6 is 7.82 Å². The van der Waals surface area contributed by atoms with E-state index in [-0.39, 0.29) is 23.3 Å². The molecule has 4 rings (SSSR count). The van der Waals surface area contributed by atoms with Gasteiger partial charge in [-0.05, 0) is 68.6 Å².